The van der Waals surface area contributed by atoms with Crippen molar-refractivity contribution < 1.29 is 9.18 Å². The molecular formula is C22H21FN4O. The lowest BCUT2D eigenvalue weighted by Crippen LogP contribution is -2.36. The van der Waals surface area contributed by atoms with Crippen LogP contribution in [0.15, 0.2) is 77.9 Å². The number of benzene rings is 2. The molecular weight excluding hydrogens is 355 g/mol. The molecule has 1 aromatic heterocycles. The van der Waals surface area contributed by atoms with Crippen LogP contribution in [0.1, 0.15) is 28.5 Å². The molecule has 6 heteroatoms. The number of halogens is 1. The Hall–Kier alpha value is -3.54. The lowest BCUT2D eigenvalue weighted by Gasteiger charge is -2.12. The van der Waals surface area contributed by atoms with Crippen molar-refractivity contribution in [3.8, 4) is 0 Å². The zero-order chi connectivity index (χ0) is 19.8. The Bertz CT molecular complexity index is 939. The van der Waals surface area contributed by atoms with E-state index in [4.69, 9.17) is 0 Å². The molecule has 0 aliphatic carbocycles. The maximum absolute atomic E-state index is 13.1. The van der Waals surface area contributed by atoms with Gasteiger partial charge in [0.1, 0.15) is 5.82 Å². The Morgan fingerprint density at radius 2 is 1.79 bits per heavy atom. The molecule has 5 nitrogen and oxygen atoms in total. The molecule has 1 amide bonds. The number of hydrogen-bond acceptors (Lipinski definition) is 3. The molecule has 2 N–H and O–H groups in total. The molecule has 3 aromatic rings. The van der Waals surface area contributed by atoms with Crippen molar-refractivity contribution in [3.63, 3.8) is 0 Å². The Kier molecular flexibility index (Phi) is 6.46. The average molecular weight is 376 g/mol. The second-order valence-electron chi connectivity index (χ2n) is 6.12. The minimum atomic E-state index is -0.394. The van der Waals surface area contributed by atoms with Crippen LogP contribution in [0.3, 0.4) is 0 Å². The van der Waals surface area contributed by atoms with Gasteiger partial charge in [-0.05, 0) is 60.5 Å². The summed E-state index contributed by atoms with van der Waals surface area (Å²) in [4.78, 5) is 21.2. The topological polar surface area (TPSA) is 66.4 Å². The predicted octanol–water partition coefficient (Wildman–Crippen LogP) is 4.18. The summed E-state index contributed by atoms with van der Waals surface area (Å²) in [6.07, 6.45) is 2.64. The van der Waals surface area contributed by atoms with E-state index in [0.29, 0.717) is 18.1 Å². The van der Waals surface area contributed by atoms with Gasteiger partial charge in [0.2, 0.25) is 5.96 Å². The van der Waals surface area contributed by atoms with Gasteiger partial charge in [0.15, 0.2) is 0 Å². The molecule has 0 spiro atoms. The SMILES string of the molecule is CCc1ccc(NC(=NCc2ccccn2)NC(=O)c2ccc(F)cc2)cc1. The molecule has 3 rings (SSSR count). The van der Waals surface area contributed by atoms with Crippen LogP contribution in [-0.2, 0) is 13.0 Å². The minimum Gasteiger partial charge on any atom is -0.326 e. The smallest absolute Gasteiger partial charge is 0.257 e. The van der Waals surface area contributed by atoms with Crippen LogP contribution in [0.5, 0.6) is 0 Å². The van der Waals surface area contributed by atoms with Crippen molar-refractivity contribution in [2.24, 2.45) is 4.99 Å². The van der Waals surface area contributed by atoms with E-state index in [1.807, 2.05) is 42.5 Å². The van der Waals surface area contributed by atoms with E-state index in [1.165, 1.54) is 29.8 Å². The first kappa shape index (κ1) is 19.2. The highest BCUT2D eigenvalue weighted by Gasteiger charge is 2.10. The maximum atomic E-state index is 13.1. The average Bonchev–Trinajstić information content (AvgIpc) is 2.73. The molecule has 28 heavy (non-hydrogen) atoms. The van der Waals surface area contributed by atoms with E-state index in [1.54, 1.807) is 6.20 Å². The summed E-state index contributed by atoms with van der Waals surface area (Å²) in [6.45, 7) is 2.39. The molecule has 0 atom stereocenters. The zero-order valence-electron chi connectivity index (χ0n) is 15.5. The van der Waals surface area contributed by atoms with Crippen LogP contribution in [0, 0.1) is 5.82 Å². The summed E-state index contributed by atoms with van der Waals surface area (Å²) < 4.78 is 13.1. The number of carbonyl (C=O) groups is 1. The highest BCUT2D eigenvalue weighted by atomic mass is 19.1. The van der Waals surface area contributed by atoms with Gasteiger partial charge in [0.25, 0.3) is 5.91 Å². The summed E-state index contributed by atoms with van der Waals surface area (Å²) in [5.74, 6) is -0.476. The number of carbonyl (C=O) groups excluding carboxylic acids is 1. The molecule has 142 valence electrons. The van der Waals surface area contributed by atoms with Gasteiger partial charge < -0.3 is 5.32 Å². The summed E-state index contributed by atoms with van der Waals surface area (Å²) in [5.41, 5.74) is 3.14. The number of rotatable bonds is 5. The second kappa shape index (κ2) is 9.41. The number of pyridine rings is 1. The van der Waals surface area contributed by atoms with Crippen molar-refractivity contribution in [3.05, 3.63) is 95.6 Å². The van der Waals surface area contributed by atoms with Gasteiger partial charge in [-0.3, -0.25) is 15.1 Å². The van der Waals surface area contributed by atoms with Gasteiger partial charge in [-0.1, -0.05) is 25.1 Å². The molecule has 0 bridgehead atoms. The molecule has 1 heterocycles. The molecule has 0 aliphatic heterocycles. The fraction of sp³-hybridized carbons (Fsp3) is 0.136. The Morgan fingerprint density at radius 1 is 1.04 bits per heavy atom. The van der Waals surface area contributed by atoms with Crippen LogP contribution in [-0.4, -0.2) is 16.9 Å². The number of anilines is 1. The number of aliphatic imine (C=N–C) groups is 1. The third-order valence-electron chi connectivity index (χ3n) is 4.09. The van der Waals surface area contributed by atoms with Gasteiger partial charge in [-0.15, -0.1) is 0 Å². The number of nitrogens with zero attached hydrogens (tertiary/aromatic N) is 2. The van der Waals surface area contributed by atoms with Crippen LogP contribution in [0.25, 0.3) is 0 Å². The highest BCUT2D eigenvalue weighted by molar-refractivity contribution is 6.09. The first-order valence-corrected chi connectivity index (χ1v) is 9.01. The zero-order valence-corrected chi connectivity index (χ0v) is 15.5. The maximum Gasteiger partial charge on any atom is 0.257 e. The van der Waals surface area contributed by atoms with Gasteiger partial charge in [0.05, 0.1) is 12.2 Å². The van der Waals surface area contributed by atoms with Crippen molar-refractivity contribution >= 4 is 17.6 Å². The van der Waals surface area contributed by atoms with Gasteiger partial charge >= 0.3 is 0 Å². The van der Waals surface area contributed by atoms with Crippen molar-refractivity contribution in [1.29, 1.82) is 0 Å². The van der Waals surface area contributed by atoms with E-state index >= 15 is 0 Å². The van der Waals surface area contributed by atoms with Crippen LogP contribution in [0.4, 0.5) is 10.1 Å². The van der Waals surface area contributed by atoms with E-state index in [0.717, 1.165) is 17.8 Å². The third kappa shape index (κ3) is 5.48. The van der Waals surface area contributed by atoms with Gasteiger partial charge in [-0.2, -0.15) is 0 Å². The van der Waals surface area contributed by atoms with Crippen LogP contribution < -0.4 is 10.6 Å². The number of aromatic nitrogens is 1. The first-order chi connectivity index (χ1) is 13.6. The summed E-state index contributed by atoms with van der Waals surface area (Å²) in [7, 11) is 0. The summed E-state index contributed by atoms with van der Waals surface area (Å²) >= 11 is 0. The molecule has 0 saturated carbocycles. The molecule has 0 radical (unpaired) electrons. The van der Waals surface area contributed by atoms with Crippen LogP contribution in [0.2, 0.25) is 0 Å². The van der Waals surface area contributed by atoms with Crippen LogP contribution >= 0.6 is 0 Å². The number of aryl methyl sites for hydroxylation is 1. The first-order valence-electron chi connectivity index (χ1n) is 9.01. The fourth-order valence-electron chi connectivity index (χ4n) is 2.50. The third-order valence-corrected chi connectivity index (χ3v) is 4.09. The number of hydrogen-bond donors (Lipinski definition) is 2. The van der Waals surface area contributed by atoms with Crippen molar-refractivity contribution in [2.75, 3.05) is 5.32 Å². The Balaban J connectivity index is 1.78. The Labute approximate surface area is 163 Å². The highest BCUT2D eigenvalue weighted by Crippen LogP contribution is 2.10. The van der Waals surface area contributed by atoms with Crippen molar-refractivity contribution in [1.82, 2.24) is 10.3 Å². The monoisotopic (exact) mass is 376 g/mol. The lowest BCUT2D eigenvalue weighted by molar-refractivity contribution is 0.0977. The summed E-state index contributed by atoms with van der Waals surface area (Å²) in [5, 5.41) is 5.88. The molecule has 0 fully saturated rings. The lowest BCUT2D eigenvalue weighted by atomic mass is 10.1. The normalized spacial score (nSPS) is 11.1. The van der Waals surface area contributed by atoms with E-state index in [2.05, 4.69) is 27.5 Å². The summed E-state index contributed by atoms with van der Waals surface area (Å²) in [6, 6.07) is 18.8. The molecule has 0 saturated heterocycles. The van der Waals surface area contributed by atoms with E-state index in [9.17, 15) is 9.18 Å². The minimum absolute atomic E-state index is 0.296. The van der Waals surface area contributed by atoms with Crippen molar-refractivity contribution in [2.45, 2.75) is 19.9 Å². The van der Waals surface area contributed by atoms with Gasteiger partial charge in [0, 0.05) is 17.4 Å². The van der Waals surface area contributed by atoms with E-state index < -0.39 is 5.82 Å². The molecule has 0 aliphatic rings. The fourth-order valence-corrected chi connectivity index (χ4v) is 2.50. The second-order valence-corrected chi connectivity index (χ2v) is 6.12. The molecule has 2 aromatic carbocycles. The number of guanidine groups is 1. The quantitative estimate of drug-likeness (QED) is 0.519. The predicted molar refractivity (Wildman–Crippen MR) is 109 cm³/mol. The van der Waals surface area contributed by atoms with E-state index in [-0.39, 0.29) is 5.91 Å². The standard InChI is InChI=1S/C22H21FN4O/c1-2-16-6-12-19(13-7-16)26-22(25-15-20-5-3-4-14-24-20)27-21(28)17-8-10-18(23)11-9-17/h3-14H,2,15H2,1H3,(H2,25,26,27,28). The number of amides is 1. The molecule has 0 unspecified atom stereocenters. The largest absolute Gasteiger partial charge is 0.326 e. The Morgan fingerprint density at radius 3 is 2.43 bits per heavy atom. The number of nitrogens with one attached hydrogen (secondary N) is 2. The van der Waals surface area contributed by atoms with Gasteiger partial charge in [-0.25, -0.2) is 9.38 Å².